The molecule has 0 aromatic carbocycles. The van der Waals surface area contributed by atoms with E-state index in [4.69, 9.17) is 16.7 Å². The van der Waals surface area contributed by atoms with Crippen molar-refractivity contribution < 1.29 is 9.90 Å². The van der Waals surface area contributed by atoms with Gasteiger partial charge in [-0.25, -0.2) is 4.98 Å². The fourth-order valence-electron chi connectivity index (χ4n) is 2.01. The molecule has 1 aromatic heterocycles. The maximum absolute atomic E-state index is 10.7. The molecular formula is C12H16ClN3O2. The average Bonchev–Trinajstić information content (AvgIpc) is 2.40. The normalized spacial score (nSPS) is 18.6. The van der Waals surface area contributed by atoms with Gasteiger partial charge in [0.25, 0.3) is 0 Å². The largest absolute Gasteiger partial charge is 0.480 e. The van der Waals surface area contributed by atoms with Gasteiger partial charge in [-0.3, -0.25) is 9.69 Å². The Hall–Kier alpha value is -1.33. The molecule has 1 aliphatic rings. The topological polar surface area (TPSA) is 56.7 Å². The molecule has 1 fully saturated rings. The summed E-state index contributed by atoms with van der Waals surface area (Å²) in [5.74, 6) is 0.0154. The van der Waals surface area contributed by atoms with Gasteiger partial charge in [-0.15, -0.1) is 11.6 Å². The number of aromatic nitrogens is 1. The van der Waals surface area contributed by atoms with E-state index in [-0.39, 0.29) is 0 Å². The molecular weight excluding hydrogens is 254 g/mol. The van der Waals surface area contributed by atoms with Crippen LogP contribution in [0.5, 0.6) is 0 Å². The van der Waals surface area contributed by atoms with Gasteiger partial charge in [-0.05, 0) is 12.1 Å². The molecule has 6 heteroatoms. The van der Waals surface area contributed by atoms with Crippen LogP contribution in [0.2, 0.25) is 0 Å². The standard InChI is InChI=1S/C12H16ClN3O2/c13-10(12(17)18)9-15-5-7-16(8-6-15)11-3-1-2-4-14-11/h1-4,10H,5-9H2,(H,17,18). The third kappa shape index (κ3) is 3.34. The Morgan fingerprint density at radius 3 is 2.67 bits per heavy atom. The Kier molecular flexibility index (Phi) is 4.38. The van der Waals surface area contributed by atoms with Gasteiger partial charge in [0.15, 0.2) is 0 Å². The highest BCUT2D eigenvalue weighted by atomic mass is 35.5. The van der Waals surface area contributed by atoms with Crippen LogP contribution in [0.15, 0.2) is 24.4 Å². The molecule has 98 valence electrons. The summed E-state index contributed by atoms with van der Waals surface area (Å²) >= 11 is 5.74. The molecule has 2 rings (SSSR count). The van der Waals surface area contributed by atoms with Crippen LogP contribution < -0.4 is 4.90 Å². The maximum Gasteiger partial charge on any atom is 0.322 e. The van der Waals surface area contributed by atoms with Crippen molar-refractivity contribution in [2.24, 2.45) is 0 Å². The van der Waals surface area contributed by atoms with Crippen molar-refractivity contribution in [2.75, 3.05) is 37.6 Å². The minimum absolute atomic E-state index is 0.396. The number of carbonyl (C=O) groups is 1. The van der Waals surface area contributed by atoms with Crippen molar-refractivity contribution in [3.05, 3.63) is 24.4 Å². The third-order valence-corrected chi connectivity index (χ3v) is 3.36. The zero-order valence-corrected chi connectivity index (χ0v) is 10.8. The molecule has 1 aromatic rings. The summed E-state index contributed by atoms with van der Waals surface area (Å²) in [7, 11) is 0. The zero-order valence-electron chi connectivity index (χ0n) is 10.00. The predicted octanol–water partition coefficient (Wildman–Crippen LogP) is 0.896. The molecule has 1 N–H and O–H groups in total. The lowest BCUT2D eigenvalue weighted by molar-refractivity contribution is -0.137. The monoisotopic (exact) mass is 269 g/mol. The van der Waals surface area contributed by atoms with Crippen LogP contribution in [0, 0.1) is 0 Å². The van der Waals surface area contributed by atoms with E-state index in [0.717, 1.165) is 32.0 Å². The molecule has 0 bridgehead atoms. The van der Waals surface area contributed by atoms with Crippen LogP contribution in [0.4, 0.5) is 5.82 Å². The van der Waals surface area contributed by atoms with Crippen molar-refractivity contribution in [1.29, 1.82) is 0 Å². The Labute approximate surface area is 111 Å². The number of piperazine rings is 1. The molecule has 1 saturated heterocycles. The summed E-state index contributed by atoms with van der Waals surface area (Å²) in [4.78, 5) is 19.3. The van der Waals surface area contributed by atoms with E-state index in [1.54, 1.807) is 6.20 Å². The van der Waals surface area contributed by atoms with Gasteiger partial charge in [0.2, 0.25) is 0 Å². The highest BCUT2D eigenvalue weighted by Gasteiger charge is 2.22. The first kappa shape index (κ1) is 13.1. The molecule has 0 aliphatic carbocycles. The summed E-state index contributed by atoms with van der Waals surface area (Å²) in [6, 6.07) is 5.84. The third-order valence-electron chi connectivity index (χ3n) is 3.03. The number of carboxylic acid groups (broad SMARTS) is 1. The summed E-state index contributed by atoms with van der Waals surface area (Å²) in [6.45, 7) is 3.72. The molecule has 0 saturated carbocycles. The van der Waals surface area contributed by atoms with Gasteiger partial charge in [0.1, 0.15) is 11.2 Å². The first-order valence-electron chi connectivity index (χ1n) is 5.92. The second kappa shape index (κ2) is 6.02. The minimum atomic E-state index is -0.955. The number of carboxylic acids is 1. The van der Waals surface area contributed by atoms with Crippen molar-refractivity contribution in [3.63, 3.8) is 0 Å². The number of rotatable bonds is 4. The van der Waals surface area contributed by atoms with Gasteiger partial charge < -0.3 is 10.0 Å². The smallest absolute Gasteiger partial charge is 0.322 e. The zero-order chi connectivity index (χ0) is 13.0. The molecule has 0 radical (unpaired) electrons. The summed E-state index contributed by atoms with van der Waals surface area (Å²) < 4.78 is 0. The Morgan fingerprint density at radius 2 is 2.11 bits per heavy atom. The van der Waals surface area contributed by atoms with Crippen LogP contribution >= 0.6 is 11.6 Å². The van der Waals surface area contributed by atoms with Crippen molar-refractivity contribution >= 4 is 23.4 Å². The van der Waals surface area contributed by atoms with Crippen molar-refractivity contribution in [2.45, 2.75) is 5.38 Å². The Bertz CT molecular complexity index is 394. The number of pyridine rings is 1. The first-order valence-corrected chi connectivity index (χ1v) is 6.35. The first-order chi connectivity index (χ1) is 8.66. The average molecular weight is 270 g/mol. The van der Waals surface area contributed by atoms with Gasteiger partial charge in [0, 0.05) is 38.9 Å². The fourth-order valence-corrected chi connectivity index (χ4v) is 2.20. The SMILES string of the molecule is O=C(O)C(Cl)CN1CCN(c2ccccn2)CC1. The quantitative estimate of drug-likeness (QED) is 0.823. The highest BCUT2D eigenvalue weighted by Crippen LogP contribution is 2.13. The lowest BCUT2D eigenvalue weighted by Crippen LogP contribution is -2.49. The van der Waals surface area contributed by atoms with Crippen molar-refractivity contribution in [3.8, 4) is 0 Å². The van der Waals surface area contributed by atoms with Crippen LogP contribution in [0.25, 0.3) is 0 Å². The van der Waals surface area contributed by atoms with Crippen LogP contribution in [-0.2, 0) is 4.79 Å². The predicted molar refractivity (Wildman–Crippen MR) is 70.2 cm³/mol. The Morgan fingerprint density at radius 1 is 1.39 bits per heavy atom. The number of aliphatic carboxylic acids is 1. The number of nitrogens with zero attached hydrogens (tertiary/aromatic N) is 3. The lowest BCUT2D eigenvalue weighted by Gasteiger charge is -2.35. The number of hydrogen-bond acceptors (Lipinski definition) is 4. The summed E-state index contributed by atoms with van der Waals surface area (Å²) in [5.41, 5.74) is 0. The lowest BCUT2D eigenvalue weighted by atomic mass is 10.2. The molecule has 2 heterocycles. The second-order valence-corrected chi connectivity index (χ2v) is 4.81. The number of hydrogen-bond donors (Lipinski definition) is 1. The summed E-state index contributed by atoms with van der Waals surface area (Å²) in [5, 5.41) is 7.94. The molecule has 0 amide bonds. The molecule has 1 aliphatic heterocycles. The van der Waals surface area contributed by atoms with E-state index in [1.165, 1.54) is 0 Å². The Balaban J connectivity index is 1.83. The fraction of sp³-hybridized carbons (Fsp3) is 0.500. The minimum Gasteiger partial charge on any atom is -0.480 e. The molecule has 5 nitrogen and oxygen atoms in total. The second-order valence-electron chi connectivity index (χ2n) is 4.28. The molecule has 1 atom stereocenters. The highest BCUT2D eigenvalue weighted by molar-refractivity contribution is 6.29. The van der Waals surface area contributed by atoms with Crippen LogP contribution in [0.3, 0.4) is 0 Å². The molecule has 0 spiro atoms. The van der Waals surface area contributed by atoms with Gasteiger partial charge in [-0.2, -0.15) is 0 Å². The van der Waals surface area contributed by atoms with Gasteiger partial charge >= 0.3 is 5.97 Å². The number of halogens is 1. The van der Waals surface area contributed by atoms with E-state index in [9.17, 15) is 4.79 Å². The molecule has 18 heavy (non-hydrogen) atoms. The van der Waals surface area contributed by atoms with Crippen LogP contribution in [-0.4, -0.2) is 59.1 Å². The van der Waals surface area contributed by atoms with E-state index in [2.05, 4.69) is 14.8 Å². The number of anilines is 1. The van der Waals surface area contributed by atoms with E-state index in [1.807, 2.05) is 18.2 Å². The van der Waals surface area contributed by atoms with Crippen molar-refractivity contribution in [1.82, 2.24) is 9.88 Å². The van der Waals surface area contributed by atoms with E-state index >= 15 is 0 Å². The number of alkyl halides is 1. The molecule has 1 unspecified atom stereocenters. The van der Waals surface area contributed by atoms with E-state index < -0.39 is 11.3 Å². The van der Waals surface area contributed by atoms with E-state index in [0.29, 0.717) is 6.54 Å². The summed E-state index contributed by atoms with van der Waals surface area (Å²) in [6.07, 6.45) is 1.78. The van der Waals surface area contributed by atoms with Gasteiger partial charge in [0.05, 0.1) is 0 Å². The van der Waals surface area contributed by atoms with Crippen LogP contribution in [0.1, 0.15) is 0 Å². The maximum atomic E-state index is 10.7. The van der Waals surface area contributed by atoms with Gasteiger partial charge in [-0.1, -0.05) is 6.07 Å².